The summed E-state index contributed by atoms with van der Waals surface area (Å²) >= 11 is 0. The van der Waals surface area contributed by atoms with E-state index in [2.05, 4.69) is 158 Å². The molecule has 0 aliphatic heterocycles. The highest BCUT2D eigenvalue weighted by Crippen LogP contribution is 2.43. The van der Waals surface area contributed by atoms with Crippen LogP contribution < -0.4 is 0 Å². The second kappa shape index (κ2) is 13.0. The van der Waals surface area contributed by atoms with E-state index in [9.17, 15) is 0 Å². The fourth-order valence-electron chi connectivity index (χ4n) is 7.53. The average molecular weight is 680 g/mol. The van der Waals surface area contributed by atoms with Crippen molar-refractivity contribution in [1.82, 2.24) is 15.0 Å². The van der Waals surface area contributed by atoms with E-state index < -0.39 is 0 Å². The molecule has 1 aliphatic rings. The first kappa shape index (κ1) is 30.9. The van der Waals surface area contributed by atoms with Gasteiger partial charge in [0.05, 0.1) is 0 Å². The molecule has 0 spiro atoms. The molecule has 250 valence electrons. The minimum atomic E-state index is 0.622. The van der Waals surface area contributed by atoms with Crippen molar-refractivity contribution in [3.63, 3.8) is 0 Å². The first-order chi connectivity index (χ1) is 26.2. The molecule has 0 N–H and O–H groups in total. The largest absolute Gasteiger partial charge is 0.456 e. The Labute approximate surface area is 307 Å². The van der Waals surface area contributed by atoms with Gasteiger partial charge in [-0.1, -0.05) is 140 Å². The zero-order chi connectivity index (χ0) is 35.1. The van der Waals surface area contributed by atoms with Gasteiger partial charge in [-0.05, 0) is 99.0 Å². The van der Waals surface area contributed by atoms with Crippen LogP contribution >= 0.6 is 0 Å². The molecule has 4 nitrogen and oxygen atoms in total. The summed E-state index contributed by atoms with van der Waals surface area (Å²) in [5, 5.41) is 4.32. The third kappa shape index (κ3) is 5.71. The van der Waals surface area contributed by atoms with Gasteiger partial charge in [0.15, 0.2) is 17.5 Å². The number of allylic oxidation sites excluding steroid dienone is 4. The van der Waals surface area contributed by atoms with E-state index in [0.717, 1.165) is 73.6 Å². The lowest BCUT2D eigenvalue weighted by Crippen LogP contribution is -2.04. The molecular weight excluding hydrogens is 647 g/mol. The number of fused-ring (bicyclic) bond motifs is 4. The Morgan fingerprint density at radius 2 is 1.09 bits per heavy atom. The lowest BCUT2D eigenvalue weighted by atomic mass is 9.92. The summed E-state index contributed by atoms with van der Waals surface area (Å²) in [5.74, 6) is 1.96. The topological polar surface area (TPSA) is 51.8 Å². The van der Waals surface area contributed by atoms with Gasteiger partial charge in [0.1, 0.15) is 11.2 Å². The zero-order valence-corrected chi connectivity index (χ0v) is 28.9. The summed E-state index contributed by atoms with van der Waals surface area (Å²) in [5.41, 5.74) is 11.4. The van der Waals surface area contributed by atoms with Crippen LogP contribution in [0, 0.1) is 0 Å². The Balaban J connectivity index is 1.20. The molecule has 7 aromatic carbocycles. The monoisotopic (exact) mass is 679 g/mol. The zero-order valence-electron chi connectivity index (χ0n) is 28.9. The summed E-state index contributed by atoms with van der Waals surface area (Å²) in [6, 6.07) is 55.3. The van der Waals surface area contributed by atoms with Crippen molar-refractivity contribution in [3.8, 4) is 56.2 Å². The third-order valence-electron chi connectivity index (χ3n) is 10.2. The molecule has 53 heavy (non-hydrogen) atoms. The predicted molar refractivity (Wildman–Crippen MR) is 218 cm³/mol. The van der Waals surface area contributed by atoms with E-state index in [1.54, 1.807) is 0 Å². The highest BCUT2D eigenvalue weighted by atomic mass is 16.3. The summed E-state index contributed by atoms with van der Waals surface area (Å²) in [7, 11) is 0. The Morgan fingerprint density at radius 3 is 1.87 bits per heavy atom. The van der Waals surface area contributed by atoms with Crippen molar-refractivity contribution in [2.75, 3.05) is 0 Å². The highest BCUT2D eigenvalue weighted by Gasteiger charge is 2.23. The second-order valence-electron chi connectivity index (χ2n) is 13.5. The average Bonchev–Trinajstić information content (AvgIpc) is 3.63. The Hall–Kier alpha value is -6.91. The van der Waals surface area contributed by atoms with Gasteiger partial charge < -0.3 is 4.42 Å². The molecule has 2 heterocycles. The molecule has 0 radical (unpaired) electrons. The van der Waals surface area contributed by atoms with Crippen LogP contribution in [0.15, 0.2) is 180 Å². The van der Waals surface area contributed by atoms with Crippen molar-refractivity contribution in [2.45, 2.75) is 12.8 Å². The molecule has 0 unspecified atom stereocenters. The molecule has 0 saturated carbocycles. The first-order valence-electron chi connectivity index (χ1n) is 18.1. The number of benzene rings is 7. The smallest absolute Gasteiger partial charge is 0.165 e. The Morgan fingerprint density at radius 1 is 0.453 bits per heavy atom. The van der Waals surface area contributed by atoms with Crippen LogP contribution in [-0.4, -0.2) is 15.0 Å². The summed E-state index contributed by atoms with van der Waals surface area (Å²) in [4.78, 5) is 15.8. The minimum Gasteiger partial charge on any atom is -0.456 e. The molecule has 0 bridgehead atoms. The van der Waals surface area contributed by atoms with E-state index in [0.29, 0.717) is 17.5 Å². The van der Waals surface area contributed by atoms with Crippen LogP contribution in [0.3, 0.4) is 0 Å². The molecular formula is C49H33N3O. The molecule has 0 atom stereocenters. The summed E-state index contributed by atoms with van der Waals surface area (Å²) in [6.45, 7) is 0. The SMILES string of the molecule is C1=CCCC(c2nc(-c3ccc4cc(-c5ccccc5)ccc4c3)nc(-c3c(-c4cccc(-c5ccccc5)c4)ccc4oc5ccccc5c34)n2)=C1. The van der Waals surface area contributed by atoms with E-state index >= 15 is 0 Å². The molecule has 0 amide bonds. The van der Waals surface area contributed by atoms with Crippen LogP contribution in [-0.2, 0) is 0 Å². The van der Waals surface area contributed by atoms with Gasteiger partial charge >= 0.3 is 0 Å². The number of aromatic nitrogens is 3. The van der Waals surface area contributed by atoms with Crippen molar-refractivity contribution in [3.05, 3.63) is 182 Å². The quantitative estimate of drug-likeness (QED) is 0.175. The van der Waals surface area contributed by atoms with Crippen molar-refractivity contribution in [2.24, 2.45) is 0 Å². The van der Waals surface area contributed by atoms with Crippen molar-refractivity contribution in [1.29, 1.82) is 0 Å². The van der Waals surface area contributed by atoms with Crippen LogP contribution in [0.25, 0.3) is 94.4 Å². The number of para-hydroxylation sites is 1. The molecule has 10 rings (SSSR count). The first-order valence-corrected chi connectivity index (χ1v) is 18.1. The predicted octanol–water partition coefficient (Wildman–Crippen LogP) is 13.0. The molecule has 2 aromatic heterocycles. The van der Waals surface area contributed by atoms with Crippen LogP contribution in [0.5, 0.6) is 0 Å². The van der Waals surface area contributed by atoms with Gasteiger partial charge in [0.2, 0.25) is 0 Å². The number of hydrogen-bond acceptors (Lipinski definition) is 4. The Bertz CT molecular complexity index is 2890. The number of rotatable bonds is 6. The van der Waals surface area contributed by atoms with Gasteiger partial charge in [0, 0.05) is 21.9 Å². The van der Waals surface area contributed by atoms with Gasteiger partial charge in [0.25, 0.3) is 0 Å². The van der Waals surface area contributed by atoms with Crippen LogP contribution in [0.2, 0.25) is 0 Å². The molecule has 0 saturated heterocycles. The lowest BCUT2D eigenvalue weighted by molar-refractivity contribution is 0.669. The molecule has 0 fully saturated rings. The maximum absolute atomic E-state index is 6.46. The van der Waals surface area contributed by atoms with E-state index in [1.165, 1.54) is 22.1 Å². The van der Waals surface area contributed by atoms with E-state index in [-0.39, 0.29) is 0 Å². The number of nitrogens with zero attached hydrogens (tertiary/aromatic N) is 3. The fraction of sp³-hybridized carbons (Fsp3) is 0.0408. The lowest BCUT2D eigenvalue weighted by Gasteiger charge is -2.15. The van der Waals surface area contributed by atoms with Gasteiger partial charge in [-0.15, -0.1) is 0 Å². The highest BCUT2D eigenvalue weighted by molar-refractivity contribution is 6.15. The van der Waals surface area contributed by atoms with Gasteiger partial charge in [-0.25, -0.2) is 15.0 Å². The standard InChI is InChI=1S/C49H33N3O/c1-4-13-32(14-5-1)35-19-12-20-39(30-35)41-27-28-44-45(42-21-10-11-22-43(42)53-44)46(41)49-51-47(34-17-8-3-9-18-34)50-48(52-49)40-26-25-37-29-36(23-24-38(37)31-40)33-15-6-2-7-16-33/h1-8,10-17,19-31H,9,18H2. The maximum atomic E-state index is 6.46. The van der Waals surface area contributed by atoms with E-state index in [1.807, 2.05) is 18.2 Å². The van der Waals surface area contributed by atoms with Crippen molar-refractivity contribution < 1.29 is 4.42 Å². The fourth-order valence-corrected chi connectivity index (χ4v) is 7.53. The van der Waals surface area contributed by atoms with Crippen LogP contribution in [0.1, 0.15) is 18.7 Å². The number of hydrogen-bond donors (Lipinski definition) is 0. The molecule has 4 heteroatoms. The van der Waals surface area contributed by atoms with Gasteiger partial charge in [-0.3, -0.25) is 0 Å². The molecule has 1 aliphatic carbocycles. The summed E-state index contributed by atoms with van der Waals surface area (Å²) in [6.07, 6.45) is 8.24. The second-order valence-corrected chi connectivity index (χ2v) is 13.5. The normalized spacial score (nSPS) is 12.8. The van der Waals surface area contributed by atoms with Crippen LogP contribution in [0.4, 0.5) is 0 Å². The minimum absolute atomic E-state index is 0.622. The molecule has 9 aromatic rings. The Kier molecular flexibility index (Phi) is 7.58. The third-order valence-corrected chi connectivity index (χ3v) is 10.2. The van der Waals surface area contributed by atoms with Crippen molar-refractivity contribution >= 4 is 38.3 Å². The number of furan rings is 1. The summed E-state index contributed by atoms with van der Waals surface area (Å²) < 4.78 is 6.46. The van der Waals surface area contributed by atoms with Gasteiger partial charge in [-0.2, -0.15) is 0 Å². The van der Waals surface area contributed by atoms with E-state index in [4.69, 9.17) is 19.4 Å². The maximum Gasteiger partial charge on any atom is 0.165 e.